The summed E-state index contributed by atoms with van der Waals surface area (Å²) in [4.78, 5) is 29.1. The highest BCUT2D eigenvalue weighted by Crippen LogP contribution is 2.21. The number of nitrogens with zero attached hydrogens (tertiary/aromatic N) is 4. The van der Waals surface area contributed by atoms with Gasteiger partial charge in [0.25, 0.3) is 5.56 Å². The summed E-state index contributed by atoms with van der Waals surface area (Å²) < 4.78 is 6.68. The van der Waals surface area contributed by atoms with E-state index in [0.29, 0.717) is 32.5 Å². The molecule has 4 rings (SSSR count). The Morgan fingerprint density at radius 3 is 2.30 bits per heavy atom. The molecule has 1 amide bonds. The molecule has 0 unspecified atom stereocenters. The molecule has 0 N–H and O–H groups in total. The molecule has 1 aliphatic rings. The second-order valence-corrected chi connectivity index (χ2v) is 8.32. The minimum absolute atomic E-state index is 0.132. The zero-order chi connectivity index (χ0) is 23.2. The van der Waals surface area contributed by atoms with Gasteiger partial charge in [-0.15, -0.1) is 0 Å². The second kappa shape index (κ2) is 10.3. The molecular formula is C26H30N4O3. The molecule has 172 valence electrons. The maximum absolute atomic E-state index is 12.7. The summed E-state index contributed by atoms with van der Waals surface area (Å²) in [5.74, 6) is 0.970. The minimum atomic E-state index is -0.147. The maximum Gasteiger partial charge on any atom is 0.266 e. The first-order valence-electron chi connectivity index (χ1n) is 11.4. The molecule has 2 aromatic carbocycles. The van der Waals surface area contributed by atoms with Gasteiger partial charge in [0.05, 0.1) is 12.8 Å². The molecule has 7 heteroatoms. The fourth-order valence-corrected chi connectivity index (χ4v) is 4.03. The van der Waals surface area contributed by atoms with Gasteiger partial charge in [-0.1, -0.05) is 29.8 Å². The fraction of sp³-hybridized carbons (Fsp3) is 0.346. The zero-order valence-electron chi connectivity index (χ0n) is 19.2. The predicted molar refractivity (Wildman–Crippen MR) is 130 cm³/mol. The fourth-order valence-electron chi connectivity index (χ4n) is 4.03. The van der Waals surface area contributed by atoms with Crippen molar-refractivity contribution in [2.45, 2.75) is 26.3 Å². The molecule has 3 aromatic rings. The normalized spacial score (nSPS) is 13.8. The highest BCUT2D eigenvalue weighted by atomic mass is 16.5. The van der Waals surface area contributed by atoms with Gasteiger partial charge in [0.15, 0.2) is 0 Å². The van der Waals surface area contributed by atoms with Crippen LogP contribution in [-0.2, 0) is 11.3 Å². The Labute approximate surface area is 194 Å². The Morgan fingerprint density at radius 2 is 1.64 bits per heavy atom. The number of carbonyl (C=O) groups excluding carboxylic acids is 1. The number of ether oxygens (including phenoxy) is 1. The molecule has 1 aromatic heterocycles. The van der Waals surface area contributed by atoms with Crippen LogP contribution in [0.3, 0.4) is 0 Å². The smallest absolute Gasteiger partial charge is 0.266 e. The zero-order valence-corrected chi connectivity index (χ0v) is 19.2. The van der Waals surface area contributed by atoms with E-state index >= 15 is 0 Å². The Hall–Kier alpha value is -3.61. The monoisotopic (exact) mass is 446 g/mol. The van der Waals surface area contributed by atoms with Gasteiger partial charge in [0.2, 0.25) is 5.91 Å². The number of piperazine rings is 1. The van der Waals surface area contributed by atoms with Crippen LogP contribution in [0.4, 0.5) is 5.69 Å². The molecule has 1 aliphatic heterocycles. The van der Waals surface area contributed by atoms with Gasteiger partial charge in [-0.25, -0.2) is 4.68 Å². The van der Waals surface area contributed by atoms with Gasteiger partial charge in [-0.3, -0.25) is 9.59 Å². The molecule has 0 atom stereocenters. The largest absolute Gasteiger partial charge is 0.497 e. The minimum Gasteiger partial charge on any atom is -0.497 e. The van der Waals surface area contributed by atoms with Crippen LogP contribution in [0.2, 0.25) is 0 Å². The van der Waals surface area contributed by atoms with Crippen molar-refractivity contribution in [3.8, 4) is 17.0 Å². The van der Waals surface area contributed by atoms with Crippen molar-refractivity contribution < 1.29 is 9.53 Å². The third-order valence-electron chi connectivity index (χ3n) is 6.04. The number of aryl methyl sites for hydroxylation is 2. The lowest BCUT2D eigenvalue weighted by molar-refractivity contribution is -0.131. The molecule has 7 nitrogen and oxygen atoms in total. The second-order valence-electron chi connectivity index (χ2n) is 8.32. The Kier molecular flexibility index (Phi) is 7.07. The Bertz CT molecular complexity index is 1130. The summed E-state index contributed by atoms with van der Waals surface area (Å²) >= 11 is 0. The third-order valence-corrected chi connectivity index (χ3v) is 6.04. The average molecular weight is 447 g/mol. The summed E-state index contributed by atoms with van der Waals surface area (Å²) in [5, 5.41) is 4.50. The van der Waals surface area contributed by atoms with Crippen LogP contribution in [0.5, 0.6) is 5.75 Å². The first-order valence-corrected chi connectivity index (χ1v) is 11.4. The average Bonchev–Trinajstić information content (AvgIpc) is 2.86. The Balaban J connectivity index is 1.28. The van der Waals surface area contributed by atoms with E-state index in [1.54, 1.807) is 19.2 Å². The summed E-state index contributed by atoms with van der Waals surface area (Å²) in [6.45, 7) is 5.47. The van der Waals surface area contributed by atoms with Gasteiger partial charge < -0.3 is 14.5 Å². The first kappa shape index (κ1) is 22.6. The number of benzene rings is 2. The van der Waals surface area contributed by atoms with Crippen LogP contribution in [0.15, 0.2) is 65.5 Å². The Morgan fingerprint density at radius 1 is 0.939 bits per heavy atom. The van der Waals surface area contributed by atoms with Gasteiger partial charge in [0, 0.05) is 56.5 Å². The molecule has 2 heterocycles. The number of carbonyl (C=O) groups is 1. The van der Waals surface area contributed by atoms with Crippen LogP contribution in [0.1, 0.15) is 18.4 Å². The topological polar surface area (TPSA) is 67.7 Å². The summed E-state index contributed by atoms with van der Waals surface area (Å²) in [6.07, 6.45) is 0.993. The van der Waals surface area contributed by atoms with Crippen molar-refractivity contribution in [3.05, 3.63) is 76.6 Å². The van der Waals surface area contributed by atoms with E-state index in [1.807, 2.05) is 60.4 Å². The number of hydrogen-bond acceptors (Lipinski definition) is 5. The SMILES string of the molecule is COc1ccc(N2CCN(C(=O)CCCn3nc(-c4ccc(C)cc4)ccc3=O)CC2)cc1. The standard InChI is InChI=1S/C26H30N4O3/c1-20-5-7-21(8-6-20)24-13-14-26(32)30(27-24)15-3-4-25(31)29-18-16-28(17-19-29)22-9-11-23(33-2)12-10-22/h5-14H,3-4,15-19H2,1-2H3. The quantitative estimate of drug-likeness (QED) is 0.557. The van der Waals surface area contributed by atoms with E-state index in [1.165, 1.54) is 10.2 Å². The highest BCUT2D eigenvalue weighted by Gasteiger charge is 2.21. The van der Waals surface area contributed by atoms with Crippen molar-refractivity contribution in [1.82, 2.24) is 14.7 Å². The molecule has 0 saturated carbocycles. The van der Waals surface area contributed by atoms with E-state index < -0.39 is 0 Å². The van der Waals surface area contributed by atoms with E-state index in [9.17, 15) is 9.59 Å². The summed E-state index contributed by atoms with van der Waals surface area (Å²) in [6, 6.07) is 19.4. The van der Waals surface area contributed by atoms with Crippen molar-refractivity contribution >= 4 is 11.6 Å². The number of hydrogen-bond donors (Lipinski definition) is 0. The van der Waals surface area contributed by atoms with Crippen LogP contribution in [0, 0.1) is 6.92 Å². The van der Waals surface area contributed by atoms with Gasteiger partial charge in [-0.05, 0) is 43.7 Å². The molecule has 0 bridgehead atoms. The molecule has 1 fully saturated rings. The van der Waals surface area contributed by atoms with Crippen LogP contribution < -0.4 is 15.2 Å². The molecule has 1 saturated heterocycles. The number of aromatic nitrogens is 2. The number of amides is 1. The van der Waals surface area contributed by atoms with Crippen molar-refractivity contribution in [2.75, 3.05) is 38.2 Å². The van der Waals surface area contributed by atoms with Crippen LogP contribution in [-0.4, -0.2) is 53.9 Å². The maximum atomic E-state index is 12.7. The lowest BCUT2D eigenvalue weighted by atomic mass is 10.1. The summed E-state index contributed by atoms with van der Waals surface area (Å²) in [7, 11) is 1.66. The number of rotatable bonds is 7. The highest BCUT2D eigenvalue weighted by molar-refractivity contribution is 5.76. The lowest BCUT2D eigenvalue weighted by Gasteiger charge is -2.36. The predicted octanol–water partition coefficient (Wildman–Crippen LogP) is 3.36. The van der Waals surface area contributed by atoms with Gasteiger partial charge in [-0.2, -0.15) is 5.10 Å². The molecule has 0 aliphatic carbocycles. The van der Waals surface area contributed by atoms with E-state index in [4.69, 9.17) is 4.74 Å². The van der Waals surface area contributed by atoms with E-state index in [2.05, 4.69) is 10.00 Å². The molecule has 33 heavy (non-hydrogen) atoms. The van der Waals surface area contributed by atoms with Crippen LogP contribution in [0.25, 0.3) is 11.3 Å². The molecule has 0 radical (unpaired) electrons. The van der Waals surface area contributed by atoms with Gasteiger partial charge >= 0.3 is 0 Å². The van der Waals surface area contributed by atoms with E-state index in [-0.39, 0.29) is 11.5 Å². The van der Waals surface area contributed by atoms with Crippen LogP contribution >= 0.6 is 0 Å². The van der Waals surface area contributed by atoms with Crippen molar-refractivity contribution in [1.29, 1.82) is 0 Å². The number of anilines is 1. The van der Waals surface area contributed by atoms with E-state index in [0.717, 1.165) is 35.8 Å². The van der Waals surface area contributed by atoms with Gasteiger partial charge in [0.1, 0.15) is 5.75 Å². The van der Waals surface area contributed by atoms with Crippen molar-refractivity contribution in [2.24, 2.45) is 0 Å². The van der Waals surface area contributed by atoms with Crippen molar-refractivity contribution in [3.63, 3.8) is 0 Å². The third kappa shape index (κ3) is 5.61. The molecular weight excluding hydrogens is 416 g/mol. The lowest BCUT2D eigenvalue weighted by Crippen LogP contribution is -2.48. The number of methoxy groups -OCH3 is 1. The first-order chi connectivity index (χ1) is 16.0. The summed E-state index contributed by atoms with van der Waals surface area (Å²) in [5.41, 5.74) is 3.90. The molecule has 0 spiro atoms.